The highest BCUT2D eigenvalue weighted by molar-refractivity contribution is 6.00. The molecule has 0 amide bonds. The highest BCUT2D eigenvalue weighted by Crippen LogP contribution is 2.41. The third kappa shape index (κ3) is 6.15. The van der Waals surface area contributed by atoms with Crippen molar-refractivity contribution in [1.82, 2.24) is 5.32 Å². The number of carbonyl (C=O) groups excluding carboxylic acids is 3. The Morgan fingerprint density at radius 1 is 0.939 bits per heavy atom. The van der Waals surface area contributed by atoms with Crippen molar-refractivity contribution in [1.29, 1.82) is 0 Å². The molecule has 1 aliphatic rings. The lowest BCUT2D eigenvalue weighted by molar-refractivity contribution is -0.142. The molecule has 1 heterocycles. The average molecular weight is 469 g/mol. The monoisotopic (exact) mass is 469 g/mol. The number of nitrogens with one attached hydrogen (secondary N) is 1. The standard InChI is InChI=1S/C23H26F3NO6/c1-5-31-17(28)12-16-20(22(30)33-7-3)19(18(13(4)27-16)21(29)32-6-2)14-9-8-10-15(11-14)23(24,25)26/h8-11,19,27H,5-7,12H2,1-4H3. The van der Waals surface area contributed by atoms with Gasteiger partial charge in [-0.15, -0.1) is 0 Å². The summed E-state index contributed by atoms with van der Waals surface area (Å²) in [4.78, 5) is 38.0. The molecular formula is C23H26F3NO6. The van der Waals surface area contributed by atoms with Crippen LogP contribution >= 0.6 is 0 Å². The van der Waals surface area contributed by atoms with Crippen LogP contribution in [0, 0.1) is 0 Å². The van der Waals surface area contributed by atoms with E-state index in [0.29, 0.717) is 0 Å². The number of halogens is 3. The second kappa shape index (κ2) is 11.0. The van der Waals surface area contributed by atoms with E-state index in [0.717, 1.165) is 12.1 Å². The van der Waals surface area contributed by atoms with Crippen LogP contribution in [-0.4, -0.2) is 37.7 Å². The Balaban J connectivity index is 2.78. The lowest BCUT2D eigenvalue weighted by Crippen LogP contribution is -2.34. The minimum absolute atomic E-state index is 0.0130. The fraction of sp³-hybridized carbons (Fsp3) is 0.435. The Hall–Kier alpha value is -3.30. The fourth-order valence-electron chi connectivity index (χ4n) is 3.55. The Bertz CT molecular complexity index is 981. The van der Waals surface area contributed by atoms with Crippen molar-refractivity contribution in [3.05, 3.63) is 57.9 Å². The van der Waals surface area contributed by atoms with E-state index >= 15 is 0 Å². The Morgan fingerprint density at radius 2 is 1.52 bits per heavy atom. The van der Waals surface area contributed by atoms with Gasteiger partial charge >= 0.3 is 24.1 Å². The lowest BCUT2D eigenvalue weighted by atomic mass is 9.79. The summed E-state index contributed by atoms with van der Waals surface area (Å²) < 4.78 is 55.5. The lowest BCUT2D eigenvalue weighted by Gasteiger charge is -2.31. The first-order valence-corrected chi connectivity index (χ1v) is 10.4. The van der Waals surface area contributed by atoms with Crippen LogP contribution in [0.15, 0.2) is 46.8 Å². The number of esters is 3. The van der Waals surface area contributed by atoms with Crippen molar-refractivity contribution in [2.24, 2.45) is 0 Å². The molecule has 0 radical (unpaired) electrons. The molecule has 0 aliphatic carbocycles. The van der Waals surface area contributed by atoms with Crippen molar-refractivity contribution in [2.45, 2.75) is 46.2 Å². The zero-order valence-electron chi connectivity index (χ0n) is 18.8. The normalized spacial score (nSPS) is 16.3. The fourth-order valence-corrected chi connectivity index (χ4v) is 3.55. The molecule has 0 bridgehead atoms. The van der Waals surface area contributed by atoms with E-state index in [1.165, 1.54) is 19.1 Å². The van der Waals surface area contributed by atoms with Crippen LogP contribution in [0.5, 0.6) is 0 Å². The summed E-state index contributed by atoms with van der Waals surface area (Å²) in [6.07, 6.45) is -5.02. The van der Waals surface area contributed by atoms with E-state index in [1.807, 2.05) is 0 Å². The summed E-state index contributed by atoms with van der Waals surface area (Å²) in [7, 11) is 0. The molecule has 0 spiro atoms. The van der Waals surface area contributed by atoms with E-state index in [4.69, 9.17) is 14.2 Å². The zero-order valence-corrected chi connectivity index (χ0v) is 18.8. The third-order valence-electron chi connectivity index (χ3n) is 4.81. The van der Waals surface area contributed by atoms with Crippen molar-refractivity contribution in [3.8, 4) is 0 Å². The van der Waals surface area contributed by atoms with Crippen LogP contribution in [0.4, 0.5) is 13.2 Å². The third-order valence-corrected chi connectivity index (χ3v) is 4.81. The molecule has 1 aliphatic heterocycles. The highest BCUT2D eigenvalue weighted by Gasteiger charge is 2.40. The molecule has 33 heavy (non-hydrogen) atoms. The molecule has 1 atom stereocenters. The van der Waals surface area contributed by atoms with Crippen LogP contribution in [0.3, 0.4) is 0 Å². The summed E-state index contributed by atoms with van der Waals surface area (Å²) in [5.41, 5.74) is -0.805. The van der Waals surface area contributed by atoms with Gasteiger partial charge in [-0.05, 0) is 39.3 Å². The maximum Gasteiger partial charge on any atom is 0.416 e. The van der Waals surface area contributed by atoms with Gasteiger partial charge < -0.3 is 19.5 Å². The van der Waals surface area contributed by atoms with Gasteiger partial charge in [0.05, 0.1) is 48.9 Å². The van der Waals surface area contributed by atoms with Crippen LogP contribution < -0.4 is 5.32 Å². The van der Waals surface area contributed by atoms with Crippen LogP contribution in [0.2, 0.25) is 0 Å². The number of hydrogen-bond acceptors (Lipinski definition) is 7. The summed E-state index contributed by atoms with van der Waals surface area (Å²) in [5, 5.41) is 2.86. The topological polar surface area (TPSA) is 90.9 Å². The molecule has 1 N–H and O–H groups in total. The average Bonchev–Trinajstić information content (AvgIpc) is 2.73. The first-order valence-electron chi connectivity index (χ1n) is 10.4. The SMILES string of the molecule is CCOC(=O)CC1=C(C(=O)OCC)C(c2cccc(C(F)(F)F)c2)C(C(=O)OCC)=C(C)N1. The number of hydrogen-bond donors (Lipinski definition) is 1. The second-order valence-corrected chi connectivity index (χ2v) is 7.03. The molecule has 7 nitrogen and oxygen atoms in total. The smallest absolute Gasteiger partial charge is 0.416 e. The van der Waals surface area contributed by atoms with Gasteiger partial charge in [0.1, 0.15) is 0 Å². The van der Waals surface area contributed by atoms with E-state index in [9.17, 15) is 27.6 Å². The van der Waals surface area contributed by atoms with E-state index in [-0.39, 0.29) is 54.3 Å². The van der Waals surface area contributed by atoms with Gasteiger partial charge in [-0.1, -0.05) is 18.2 Å². The predicted octanol–water partition coefficient (Wildman–Crippen LogP) is 4.00. The molecule has 10 heteroatoms. The van der Waals surface area contributed by atoms with Crippen molar-refractivity contribution >= 4 is 17.9 Å². The number of rotatable bonds is 8. The maximum atomic E-state index is 13.4. The van der Waals surface area contributed by atoms with Gasteiger partial charge in [0, 0.05) is 11.4 Å². The van der Waals surface area contributed by atoms with Gasteiger partial charge in [0.25, 0.3) is 0 Å². The first kappa shape index (κ1) is 26.0. The van der Waals surface area contributed by atoms with Crippen LogP contribution in [-0.2, 0) is 34.8 Å². The van der Waals surface area contributed by atoms with Crippen LogP contribution in [0.25, 0.3) is 0 Å². The molecule has 180 valence electrons. The number of allylic oxidation sites excluding steroid dienone is 1. The number of dihydropyridines is 1. The van der Waals surface area contributed by atoms with Crippen molar-refractivity contribution in [2.75, 3.05) is 19.8 Å². The minimum atomic E-state index is -4.65. The van der Waals surface area contributed by atoms with Gasteiger partial charge in [0.15, 0.2) is 0 Å². The minimum Gasteiger partial charge on any atom is -0.466 e. The molecular weight excluding hydrogens is 443 g/mol. The molecule has 0 aromatic heterocycles. The molecule has 1 aromatic rings. The highest BCUT2D eigenvalue weighted by atomic mass is 19.4. The molecule has 0 saturated heterocycles. The van der Waals surface area contributed by atoms with Gasteiger partial charge in [-0.3, -0.25) is 4.79 Å². The maximum absolute atomic E-state index is 13.4. The zero-order chi connectivity index (χ0) is 24.8. The van der Waals surface area contributed by atoms with Gasteiger partial charge in [-0.25, -0.2) is 9.59 Å². The first-order chi connectivity index (χ1) is 15.5. The Labute approximate surface area is 189 Å². The largest absolute Gasteiger partial charge is 0.466 e. The Morgan fingerprint density at radius 3 is 2.06 bits per heavy atom. The van der Waals surface area contributed by atoms with Crippen molar-refractivity contribution < 1.29 is 41.8 Å². The van der Waals surface area contributed by atoms with E-state index in [2.05, 4.69) is 5.32 Å². The number of alkyl halides is 3. The quantitative estimate of drug-likeness (QED) is 0.455. The summed E-state index contributed by atoms with van der Waals surface area (Å²) in [5.74, 6) is -3.59. The molecule has 0 saturated carbocycles. The molecule has 1 aromatic carbocycles. The summed E-state index contributed by atoms with van der Waals surface area (Å²) >= 11 is 0. The molecule has 0 fully saturated rings. The van der Waals surface area contributed by atoms with Crippen molar-refractivity contribution in [3.63, 3.8) is 0 Å². The Kier molecular flexibility index (Phi) is 8.67. The van der Waals surface area contributed by atoms with Crippen LogP contribution in [0.1, 0.15) is 51.2 Å². The number of benzene rings is 1. The van der Waals surface area contributed by atoms with Gasteiger partial charge in [0.2, 0.25) is 0 Å². The van der Waals surface area contributed by atoms with E-state index in [1.54, 1.807) is 20.8 Å². The molecule has 1 unspecified atom stereocenters. The number of ether oxygens (including phenoxy) is 3. The summed E-state index contributed by atoms with van der Waals surface area (Å²) in [6.45, 7) is 6.36. The second-order valence-electron chi connectivity index (χ2n) is 7.03. The number of carbonyl (C=O) groups is 3. The predicted molar refractivity (Wildman–Crippen MR) is 112 cm³/mol. The van der Waals surface area contributed by atoms with E-state index < -0.39 is 35.6 Å². The summed E-state index contributed by atoms with van der Waals surface area (Å²) in [6, 6.07) is 4.31. The molecule has 2 rings (SSSR count). The van der Waals surface area contributed by atoms with Gasteiger partial charge in [-0.2, -0.15) is 13.2 Å².